The highest BCUT2D eigenvalue weighted by Gasteiger charge is 2.68. The lowest BCUT2D eigenvalue weighted by molar-refractivity contribution is -0.292. The predicted molar refractivity (Wildman–Crippen MR) is 198 cm³/mol. The van der Waals surface area contributed by atoms with Gasteiger partial charge >= 0.3 is 0 Å². The molecule has 12 nitrogen and oxygen atoms in total. The van der Waals surface area contributed by atoms with E-state index in [1.54, 1.807) is 7.11 Å². The molecule has 0 unspecified atom stereocenters. The number of carbonyl (C=O) groups excluding carboxylic acids is 1. The fourth-order valence-corrected chi connectivity index (χ4v) is 11.3. The Hall–Kier alpha value is -1.29. The van der Waals surface area contributed by atoms with E-state index in [4.69, 9.17) is 48.4 Å². The average Bonchev–Trinajstić information content (AvgIpc) is 3.84. The molecule has 10 rings (SSSR count). The van der Waals surface area contributed by atoms with Gasteiger partial charge in [-0.1, -0.05) is 33.9 Å². The number of Topliss-reactive ketones (excluding diaryl/α,β-unsaturated/α-hetero) is 1. The van der Waals surface area contributed by atoms with E-state index in [1.165, 1.54) is 0 Å². The van der Waals surface area contributed by atoms with E-state index in [2.05, 4.69) is 20.1 Å². The Labute approximate surface area is 321 Å². The van der Waals surface area contributed by atoms with Gasteiger partial charge in [0.2, 0.25) is 0 Å². The summed E-state index contributed by atoms with van der Waals surface area (Å²) >= 11 is 0. The molecule has 10 saturated heterocycles. The zero-order chi connectivity index (χ0) is 37.9. The highest BCUT2D eigenvalue weighted by Crippen LogP contribution is 2.54. The minimum atomic E-state index is -0.780. The van der Waals surface area contributed by atoms with Crippen LogP contribution in [-0.4, -0.2) is 128 Å². The summed E-state index contributed by atoms with van der Waals surface area (Å²) in [4.78, 5) is 14.1. The number of fused-ring (bicyclic) bond motifs is 6. The normalized spacial score (nSPS) is 50.6. The van der Waals surface area contributed by atoms with E-state index in [0.29, 0.717) is 25.7 Å². The van der Waals surface area contributed by atoms with E-state index in [-0.39, 0.29) is 122 Å². The van der Waals surface area contributed by atoms with Crippen molar-refractivity contribution in [2.75, 3.05) is 13.7 Å². The van der Waals surface area contributed by atoms with Crippen molar-refractivity contribution in [2.24, 2.45) is 17.6 Å². The quantitative estimate of drug-likeness (QED) is 0.391. The third-order valence-electron chi connectivity index (χ3n) is 14.0. The minimum absolute atomic E-state index is 0.0158. The van der Waals surface area contributed by atoms with Gasteiger partial charge in [0.05, 0.1) is 67.1 Å². The van der Waals surface area contributed by atoms with Crippen molar-refractivity contribution in [3.8, 4) is 0 Å². The zero-order valence-electron chi connectivity index (χ0n) is 32.8. The van der Waals surface area contributed by atoms with E-state index in [1.807, 2.05) is 13.8 Å². The largest absolute Gasteiger partial charge is 0.392 e. The minimum Gasteiger partial charge on any atom is -0.392 e. The molecule has 1 spiro atoms. The second-order valence-electron chi connectivity index (χ2n) is 17.4. The first-order valence-electron chi connectivity index (χ1n) is 21.2. The van der Waals surface area contributed by atoms with Crippen molar-refractivity contribution in [3.63, 3.8) is 0 Å². The summed E-state index contributed by atoms with van der Waals surface area (Å²) in [7, 11) is 1.66. The molecule has 12 heteroatoms. The topological polar surface area (TPSA) is 146 Å². The van der Waals surface area contributed by atoms with Crippen LogP contribution >= 0.6 is 0 Å². The van der Waals surface area contributed by atoms with Gasteiger partial charge < -0.3 is 53.5 Å². The summed E-state index contributed by atoms with van der Waals surface area (Å²) in [6.07, 6.45) is 4.85. The van der Waals surface area contributed by atoms with Gasteiger partial charge in [-0.3, -0.25) is 4.79 Å². The summed E-state index contributed by atoms with van der Waals surface area (Å²) < 4.78 is 60.0. The Bertz CT molecular complexity index is 1380. The van der Waals surface area contributed by atoms with E-state index >= 15 is 0 Å². The molecule has 54 heavy (non-hydrogen) atoms. The van der Waals surface area contributed by atoms with Crippen LogP contribution in [0.25, 0.3) is 0 Å². The fourth-order valence-electron chi connectivity index (χ4n) is 11.3. The number of ether oxygens (including phenoxy) is 9. The monoisotopic (exact) mass is 759 g/mol. The SMILES string of the molecule is C=C1C[C@@H]2CC[C@@]34C[C@H]5O[C@H]6[C@@H](O3)[C@H]3O[C@H](CC[C@@H]3O[C@H]6[C@H]5O4)CC(=O)C[C@@H]3[C@@H](OC)[C@@H](C[C@H](O)CN)O[C@H]3C[C@H]3O[C@@H](CC[C@@H]1O2)C[C@@H](C)C3=C.CC. The number of carbonyl (C=O) groups is 1. The highest BCUT2D eigenvalue weighted by atomic mass is 16.8. The standard InChI is InChI=1S/C40H59NO11.C2H6/c1-19-11-24-5-7-28-20(2)12-26(45-28)9-10-40-17-33-36(51-40)37-38(50-33)39(52-40)35-29(49-37)8-6-25(47-35)13-22(42)14-27-31(16-30(46-24)21(19)3)48-32(34(27)44-4)15-23(43)18-41;1-2/h19,23-39,43H,2-3,5-18,41H2,1,4H3;1-2H3/t19-,23+,24+,25-,26+,27+,28+,29+,30-,31+,32-,33-,34-,35+,36+,37+,38-,39+,40+;/m1./s1. The molecule has 10 aliphatic rings. The predicted octanol–water partition coefficient (Wildman–Crippen LogP) is 4.46. The van der Waals surface area contributed by atoms with Crippen molar-refractivity contribution in [2.45, 2.75) is 208 Å². The van der Waals surface area contributed by atoms with Gasteiger partial charge in [-0.15, -0.1) is 0 Å². The molecular weight excluding hydrogens is 694 g/mol. The summed E-state index contributed by atoms with van der Waals surface area (Å²) in [5, 5.41) is 10.5. The van der Waals surface area contributed by atoms with Crippen LogP contribution in [-0.2, 0) is 47.4 Å². The van der Waals surface area contributed by atoms with Crippen LogP contribution in [0.15, 0.2) is 24.3 Å². The second-order valence-corrected chi connectivity index (χ2v) is 17.4. The molecular formula is C42H65NO11. The molecule has 10 fully saturated rings. The zero-order valence-corrected chi connectivity index (χ0v) is 32.8. The summed E-state index contributed by atoms with van der Waals surface area (Å²) in [5.74, 6) is -0.619. The lowest BCUT2D eigenvalue weighted by atomic mass is 9.81. The Kier molecular flexibility index (Phi) is 11.8. The van der Waals surface area contributed by atoms with E-state index in [0.717, 1.165) is 56.1 Å². The first-order valence-corrected chi connectivity index (χ1v) is 21.2. The lowest BCUT2D eigenvalue weighted by Crippen LogP contribution is -2.61. The third-order valence-corrected chi connectivity index (χ3v) is 14.0. The maximum Gasteiger partial charge on any atom is 0.172 e. The van der Waals surface area contributed by atoms with Crippen molar-refractivity contribution in [1.29, 1.82) is 0 Å². The summed E-state index contributed by atoms with van der Waals surface area (Å²) in [5.41, 5.74) is 8.01. The lowest BCUT2D eigenvalue weighted by Gasteiger charge is -2.47. The number of nitrogens with two attached hydrogens (primary N) is 1. The first kappa shape index (κ1) is 39.5. The average molecular weight is 760 g/mol. The number of rotatable bonds is 4. The number of methoxy groups -OCH3 is 1. The first-order chi connectivity index (χ1) is 26.1. The van der Waals surface area contributed by atoms with Gasteiger partial charge in [-0.2, -0.15) is 0 Å². The highest BCUT2D eigenvalue weighted by molar-refractivity contribution is 5.79. The molecule has 0 aliphatic carbocycles. The van der Waals surface area contributed by atoms with Crippen LogP contribution in [0.5, 0.6) is 0 Å². The van der Waals surface area contributed by atoms with Crippen LogP contribution in [0.4, 0.5) is 0 Å². The van der Waals surface area contributed by atoms with Crippen LogP contribution in [0.3, 0.4) is 0 Å². The van der Waals surface area contributed by atoms with Gasteiger partial charge in [0.1, 0.15) is 36.3 Å². The molecule has 0 amide bonds. The molecule has 0 aromatic carbocycles. The van der Waals surface area contributed by atoms with Crippen molar-refractivity contribution >= 4 is 5.78 Å². The van der Waals surface area contributed by atoms with Crippen LogP contribution in [0.1, 0.15) is 104 Å². The Morgan fingerprint density at radius 2 is 1.52 bits per heavy atom. The smallest absolute Gasteiger partial charge is 0.172 e. The van der Waals surface area contributed by atoms with Crippen LogP contribution in [0, 0.1) is 11.8 Å². The van der Waals surface area contributed by atoms with Gasteiger partial charge in [0, 0.05) is 58.1 Å². The summed E-state index contributed by atoms with van der Waals surface area (Å²) in [6, 6.07) is 0. The second kappa shape index (κ2) is 16.2. The van der Waals surface area contributed by atoms with E-state index in [9.17, 15) is 9.90 Å². The van der Waals surface area contributed by atoms with E-state index < -0.39 is 18.0 Å². The van der Waals surface area contributed by atoms with Gasteiger partial charge in [0.15, 0.2) is 5.79 Å². The van der Waals surface area contributed by atoms with Crippen LogP contribution < -0.4 is 5.73 Å². The Balaban J connectivity index is 0.00000203. The van der Waals surface area contributed by atoms with Gasteiger partial charge in [0.25, 0.3) is 0 Å². The number of ketones is 1. The molecule has 10 heterocycles. The Morgan fingerprint density at radius 3 is 2.31 bits per heavy atom. The molecule has 0 saturated carbocycles. The maximum atomic E-state index is 14.1. The molecule has 12 bridgehead atoms. The van der Waals surface area contributed by atoms with Crippen molar-refractivity contribution in [3.05, 3.63) is 24.3 Å². The number of aliphatic hydroxyl groups excluding tert-OH is 1. The van der Waals surface area contributed by atoms with Crippen LogP contribution in [0.2, 0.25) is 0 Å². The fraction of sp³-hybridized carbons (Fsp3) is 0.881. The molecule has 0 radical (unpaired) electrons. The van der Waals surface area contributed by atoms with Crippen molar-refractivity contribution < 1.29 is 52.5 Å². The van der Waals surface area contributed by atoms with Gasteiger partial charge in [-0.05, 0) is 62.0 Å². The molecule has 3 N–H and O–H groups in total. The number of hydrogen-bond donors (Lipinski definition) is 2. The molecule has 10 aliphatic heterocycles. The molecule has 0 aromatic rings. The van der Waals surface area contributed by atoms with Gasteiger partial charge in [-0.25, -0.2) is 0 Å². The maximum absolute atomic E-state index is 14.1. The third kappa shape index (κ3) is 7.45. The molecule has 19 atom stereocenters. The number of aliphatic hydroxyl groups is 1. The molecule has 0 aromatic heterocycles. The molecule has 304 valence electrons. The number of hydrogen-bond acceptors (Lipinski definition) is 12. The van der Waals surface area contributed by atoms with Crippen molar-refractivity contribution in [1.82, 2.24) is 0 Å². The summed E-state index contributed by atoms with van der Waals surface area (Å²) in [6.45, 7) is 15.3. The Morgan fingerprint density at radius 1 is 0.796 bits per heavy atom.